The van der Waals surface area contributed by atoms with Crippen molar-refractivity contribution < 1.29 is 4.74 Å². The summed E-state index contributed by atoms with van der Waals surface area (Å²) in [6.07, 6.45) is 1.12. The molecule has 0 aliphatic rings. The van der Waals surface area contributed by atoms with Crippen molar-refractivity contribution >= 4 is 11.8 Å². The Morgan fingerprint density at radius 3 is 2.53 bits per heavy atom. The Kier molecular flexibility index (Phi) is 5.90. The number of thioether (sulfide) groups is 1. The van der Waals surface area contributed by atoms with E-state index in [0.717, 1.165) is 24.0 Å². The van der Waals surface area contributed by atoms with Crippen molar-refractivity contribution in [2.24, 2.45) is 0 Å². The Morgan fingerprint density at radius 2 is 1.88 bits per heavy atom. The highest BCUT2D eigenvalue weighted by Gasteiger charge is 2.03. The maximum atomic E-state index is 5.87. The molecule has 0 N–H and O–H groups in total. The van der Waals surface area contributed by atoms with E-state index in [-0.39, 0.29) is 0 Å². The fourth-order valence-electron chi connectivity index (χ4n) is 1.71. The van der Waals surface area contributed by atoms with Crippen LogP contribution in [0.5, 0.6) is 5.75 Å². The SMILES string of the molecule is Cc1cc(C)c(C)c(OCCCSC(C)C)c1. The molecule has 0 fully saturated rings. The molecule has 1 rings (SSSR count). The van der Waals surface area contributed by atoms with E-state index in [1.165, 1.54) is 22.4 Å². The monoisotopic (exact) mass is 252 g/mol. The normalized spacial score (nSPS) is 10.9. The third-order valence-electron chi connectivity index (χ3n) is 2.76. The van der Waals surface area contributed by atoms with E-state index in [9.17, 15) is 0 Å². The predicted octanol–water partition coefficient (Wildman–Crippen LogP) is 4.52. The van der Waals surface area contributed by atoms with Crippen molar-refractivity contribution in [3.63, 3.8) is 0 Å². The number of hydrogen-bond donors (Lipinski definition) is 0. The summed E-state index contributed by atoms with van der Waals surface area (Å²) in [5.41, 5.74) is 3.86. The summed E-state index contributed by atoms with van der Waals surface area (Å²) in [4.78, 5) is 0. The largest absolute Gasteiger partial charge is 0.493 e. The maximum Gasteiger partial charge on any atom is 0.122 e. The molecule has 0 aromatic heterocycles. The number of hydrogen-bond acceptors (Lipinski definition) is 2. The molecule has 1 aromatic rings. The van der Waals surface area contributed by atoms with Crippen LogP contribution in [0.25, 0.3) is 0 Å². The van der Waals surface area contributed by atoms with Crippen molar-refractivity contribution in [1.82, 2.24) is 0 Å². The summed E-state index contributed by atoms with van der Waals surface area (Å²) < 4.78 is 5.87. The molecule has 2 heteroatoms. The van der Waals surface area contributed by atoms with Gasteiger partial charge in [0.25, 0.3) is 0 Å². The summed E-state index contributed by atoms with van der Waals surface area (Å²) in [7, 11) is 0. The Hall–Kier alpha value is -0.630. The van der Waals surface area contributed by atoms with Crippen LogP contribution in [-0.4, -0.2) is 17.6 Å². The zero-order valence-electron chi connectivity index (χ0n) is 11.7. The van der Waals surface area contributed by atoms with Crippen molar-refractivity contribution in [3.05, 3.63) is 28.8 Å². The summed E-state index contributed by atoms with van der Waals surface area (Å²) in [5, 5.41) is 0.720. The van der Waals surface area contributed by atoms with Gasteiger partial charge >= 0.3 is 0 Å². The van der Waals surface area contributed by atoms with Crippen LogP contribution < -0.4 is 4.74 Å². The van der Waals surface area contributed by atoms with Gasteiger partial charge < -0.3 is 4.74 Å². The molecule has 96 valence electrons. The molecule has 1 nitrogen and oxygen atoms in total. The van der Waals surface area contributed by atoms with Gasteiger partial charge in [-0.25, -0.2) is 0 Å². The average Bonchev–Trinajstić information content (AvgIpc) is 2.23. The van der Waals surface area contributed by atoms with Gasteiger partial charge in [-0.15, -0.1) is 0 Å². The zero-order valence-corrected chi connectivity index (χ0v) is 12.5. The minimum atomic E-state index is 0.720. The van der Waals surface area contributed by atoms with Gasteiger partial charge in [-0.1, -0.05) is 19.9 Å². The van der Waals surface area contributed by atoms with Crippen molar-refractivity contribution in [2.45, 2.75) is 46.3 Å². The summed E-state index contributed by atoms with van der Waals surface area (Å²) in [6.45, 7) is 11.7. The van der Waals surface area contributed by atoms with E-state index in [1.54, 1.807) is 0 Å². The van der Waals surface area contributed by atoms with Crippen LogP contribution in [0.2, 0.25) is 0 Å². The topological polar surface area (TPSA) is 9.23 Å². The minimum Gasteiger partial charge on any atom is -0.493 e. The van der Waals surface area contributed by atoms with Crippen LogP contribution >= 0.6 is 11.8 Å². The van der Waals surface area contributed by atoms with E-state index in [1.807, 2.05) is 11.8 Å². The van der Waals surface area contributed by atoms with Gasteiger partial charge in [-0.2, -0.15) is 11.8 Å². The molecule has 0 spiro atoms. The molecular weight excluding hydrogens is 228 g/mol. The lowest BCUT2D eigenvalue weighted by Gasteiger charge is -2.12. The van der Waals surface area contributed by atoms with Gasteiger partial charge in [0, 0.05) is 0 Å². The lowest BCUT2D eigenvalue weighted by atomic mass is 10.1. The summed E-state index contributed by atoms with van der Waals surface area (Å²) in [6, 6.07) is 4.34. The lowest BCUT2D eigenvalue weighted by molar-refractivity contribution is 0.316. The molecule has 0 aliphatic carbocycles. The number of benzene rings is 1. The molecule has 0 atom stereocenters. The van der Waals surface area contributed by atoms with Crippen LogP contribution in [-0.2, 0) is 0 Å². The first kappa shape index (κ1) is 14.4. The first-order valence-electron chi connectivity index (χ1n) is 6.33. The molecule has 0 unspecified atom stereocenters. The van der Waals surface area contributed by atoms with Crippen LogP contribution in [0.15, 0.2) is 12.1 Å². The summed E-state index contributed by atoms with van der Waals surface area (Å²) >= 11 is 2.00. The van der Waals surface area contributed by atoms with E-state index in [0.29, 0.717) is 0 Å². The molecule has 1 aromatic carbocycles. The Bertz CT molecular complexity index is 358. The molecule has 0 aliphatic heterocycles. The fourth-order valence-corrected chi connectivity index (χ4v) is 2.47. The van der Waals surface area contributed by atoms with Crippen LogP contribution in [0.3, 0.4) is 0 Å². The van der Waals surface area contributed by atoms with Gasteiger partial charge in [0.15, 0.2) is 0 Å². The number of aryl methyl sites for hydroxylation is 2. The molecule has 0 amide bonds. The Labute approximate surface area is 110 Å². The third-order valence-corrected chi connectivity index (χ3v) is 3.95. The van der Waals surface area contributed by atoms with E-state index in [4.69, 9.17) is 4.74 Å². The van der Waals surface area contributed by atoms with Gasteiger partial charge in [0.05, 0.1) is 6.61 Å². The quantitative estimate of drug-likeness (QED) is 0.688. The van der Waals surface area contributed by atoms with Crippen molar-refractivity contribution in [3.8, 4) is 5.75 Å². The Morgan fingerprint density at radius 1 is 1.18 bits per heavy atom. The molecular formula is C15H24OS. The number of ether oxygens (including phenoxy) is 1. The maximum absolute atomic E-state index is 5.87. The number of rotatable bonds is 6. The fraction of sp³-hybridized carbons (Fsp3) is 0.600. The van der Waals surface area contributed by atoms with Crippen LogP contribution in [0.4, 0.5) is 0 Å². The first-order valence-corrected chi connectivity index (χ1v) is 7.38. The van der Waals surface area contributed by atoms with Gasteiger partial charge in [-0.05, 0) is 61.0 Å². The second-order valence-electron chi connectivity index (χ2n) is 4.83. The summed E-state index contributed by atoms with van der Waals surface area (Å²) in [5.74, 6) is 2.23. The predicted molar refractivity (Wildman–Crippen MR) is 78.4 cm³/mol. The molecule has 0 saturated heterocycles. The molecule has 0 saturated carbocycles. The molecule has 0 bridgehead atoms. The van der Waals surface area contributed by atoms with Crippen molar-refractivity contribution in [1.29, 1.82) is 0 Å². The first-order chi connectivity index (χ1) is 8.00. The molecule has 0 radical (unpaired) electrons. The van der Waals surface area contributed by atoms with Crippen molar-refractivity contribution in [2.75, 3.05) is 12.4 Å². The van der Waals surface area contributed by atoms with Gasteiger partial charge in [0.1, 0.15) is 5.75 Å². The van der Waals surface area contributed by atoms with Gasteiger partial charge in [-0.3, -0.25) is 0 Å². The second kappa shape index (κ2) is 6.95. The smallest absolute Gasteiger partial charge is 0.122 e. The van der Waals surface area contributed by atoms with E-state index in [2.05, 4.69) is 46.8 Å². The van der Waals surface area contributed by atoms with E-state index < -0.39 is 0 Å². The minimum absolute atomic E-state index is 0.720. The average molecular weight is 252 g/mol. The van der Waals surface area contributed by atoms with Crippen LogP contribution in [0, 0.1) is 20.8 Å². The molecule has 0 heterocycles. The van der Waals surface area contributed by atoms with Gasteiger partial charge in [0.2, 0.25) is 0 Å². The zero-order chi connectivity index (χ0) is 12.8. The van der Waals surface area contributed by atoms with E-state index >= 15 is 0 Å². The highest BCUT2D eigenvalue weighted by molar-refractivity contribution is 7.99. The highest BCUT2D eigenvalue weighted by atomic mass is 32.2. The van der Waals surface area contributed by atoms with Crippen LogP contribution in [0.1, 0.15) is 37.0 Å². The lowest BCUT2D eigenvalue weighted by Crippen LogP contribution is -2.02. The standard InChI is InChI=1S/C15H24OS/c1-11(2)17-8-6-7-16-15-10-12(3)9-13(4)14(15)5/h9-11H,6-8H2,1-5H3. The highest BCUT2D eigenvalue weighted by Crippen LogP contribution is 2.23. The molecule has 17 heavy (non-hydrogen) atoms. The third kappa shape index (κ3) is 5.03. The Balaban J connectivity index is 2.41. The second-order valence-corrected chi connectivity index (χ2v) is 6.51.